The van der Waals surface area contributed by atoms with Crippen LogP contribution >= 0.6 is 0 Å². The van der Waals surface area contributed by atoms with Gasteiger partial charge in [-0.3, -0.25) is 0 Å². The van der Waals surface area contributed by atoms with Gasteiger partial charge in [0.25, 0.3) is 0 Å². The lowest BCUT2D eigenvalue weighted by atomic mass is 10.2. The second kappa shape index (κ2) is 9.67. The van der Waals surface area contributed by atoms with Crippen LogP contribution in [0, 0.1) is 0 Å². The van der Waals surface area contributed by atoms with Gasteiger partial charge in [-0.25, -0.2) is 0 Å². The Hall–Kier alpha value is -2.56. The van der Waals surface area contributed by atoms with Crippen LogP contribution in [-0.4, -0.2) is 26.4 Å². The Morgan fingerprint density at radius 2 is 1.00 bits per heavy atom. The van der Waals surface area contributed by atoms with Gasteiger partial charge in [-0.15, -0.1) is 0 Å². The van der Waals surface area contributed by atoms with Gasteiger partial charge in [0, 0.05) is 12.1 Å². The second-order valence-electron chi connectivity index (χ2n) is 5.17. The molecular formula is C20H27NO4. The van der Waals surface area contributed by atoms with Crippen LogP contribution in [0.4, 0.5) is 11.4 Å². The van der Waals surface area contributed by atoms with Gasteiger partial charge >= 0.3 is 0 Å². The molecule has 2 aromatic rings. The van der Waals surface area contributed by atoms with Gasteiger partial charge in [0.15, 0.2) is 0 Å². The molecule has 0 aliphatic rings. The molecule has 25 heavy (non-hydrogen) atoms. The number of benzene rings is 2. The van der Waals surface area contributed by atoms with Gasteiger partial charge in [0.05, 0.1) is 37.8 Å². The van der Waals surface area contributed by atoms with E-state index in [1.807, 2.05) is 64.1 Å². The SMILES string of the molecule is CCOc1ccc(OCC)c(Nc2cc(OCC)ccc2OCC)c1. The van der Waals surface area contributed by atoms with Gasteiger partial charge < -0.3 is 24.3 Å². The van der Waals surface area contributed by atoms with E-state index < -0.39 is 0 Å². The lowest BCUT2D eigenvalue weighted by Crippen LogP contribution is -2.02. The predicted molar refractivity (Wildman–Crippen MR) is 101 cm³/mol. The normalized spacial score (nSPS) is 10.2. The van der Waals surface area contributed by atoms with Gasteiger partial charge in [0.1, 0.15) is 23.0 Å². The summed E-state index contributed by atoms with van der Waals surface area (Å²) in [5.74, 6) is 3.09. The lowest BCUT2D eigenvalue weighted by molar-refractivity contribution is 0.330. The summed E-state index contributed by atoms with van der Waals surface area (Å²) < 4.78 is 22.7. The smallest absolute Gasteiger partial charge is 0.142 e. The first-order valence-electron chi connectivity index (χ1n) is 8.78. The van der Waals surface area contributed by atoms with E-state index in [1.54, 1.807) is 0 Å². The molecule has 0 aliphatic heterocycles. The molecule has 136 valence electrons. The Morgan fingerprint density at radius 3 is 1.36 bits per heavy atom. The van der Waals surface area contributed by atoms with Crippen LogP contribution in [0.5, 0.6) is 23.0 Å². The summed E-state index contributed by atoms with van der Waals surface area (Å²) in [5.41, 5.74) is 1.64. The van der Waals surface area contributed by atoms with Crippen LogP contribution in [-0.2, 0) is 0 Å². The molecule has 2 aromatic carbocycles. The minimum atomic E-state index is 0.583. The first kappa shape index (κ1) is 18.8. The van der Waals surface area contributed by atoms with E-state index in [4.69, 9.17) is 18.9 Å². The molecule has 0 unspecified atom stereocenters. The van der Waals surface area contributed by atoms with Crippen molar-refractivity contribution in [3.63, 3.8) is 0 Å². The fourth-order valence-electron chi connectivity index (χ4n) is 2.43. The Labute approximate surface area is 149 Å². The van der Waals surface area contributed by atoms with Crippen LogP contribution in [0.2, 0.25) is 0 Å². The maximum Gasteiger partial charge on any atom is 0.142 e. The molecule has 0 radical (unpaired) electrons. The Balaban J connectivity index is 2.38. The molecular weight excluding hydrogens is 318 g/mol. The molecule has 0 fully saturated rings. The third kappa shape index (κ3) is 5.21. The number of ether oxygens (including phenoxy) is 4. The monoisotopic (exact) mass is 345 g/mol. The number of hydrogen-bond donors (Lipinski definition) is 1. The van der Waals surface area contributed by atoms with E-state index >= 15 is 0 Å². The minimum absolute atomic E-state index is 0.583. The third-order valence-electron chi connectivity index (χ3n) is 3.39. The van der Waals surface area contributed by atoms with E-state index in [0.29, 0.717) is 26.4 Å². The van der Waals surface area contributed by atoms with Crippen molar-refractivity contribution in [3.05, 3.63) is 36.4 Å². The summed E-state index contributed by atoms with van der Waals surface area (Å²) in [5, 5.41) is 3.40. The van der Waals surface area contributed by atoms with Crippen LogP contribution in [0.3, 0.4) is 0 Å². The highest BCUT2D eigenvalue weighted by molar-refractivity contribution is 5.73. The number of hydrogen-bond acceptors (Lipinski definition) is 5. The van der Waals surface area contributed by atoms with Crippen LogP contribution in [0.25, 0.3) is 0 Å². The summed E-state index contributed by atoms with van der Waals surface area (Å²) in [7, 11) is 0. The molecule has 0 saturated heterocycles. The van der Waals surface area contributed by atoms with Crippen molar-refractivity contribution >= 4 is 11.4 Å². The highest BCUT2D eigenvalue weighted by Gasteiger charge is 2.11. The van der Waals surface area contributed by atoms with Gasteiger partial charge in [-0.05, 0) is 52.0 Å². The van der Waals surface area contributed by atoms with E-state index in [1.165, 1.54) is 0 Å². The average Bonchev–Trinajstić information content (AvgIpc) is 2.60. The molecule has 0 saturated carbocycles. The van der Waals surface area contributed by atoms with Crippen molar-refractivity contribution in [1.82, 2.24) is 0 Å². The Kier molecular flexibility index (Phi) is 7.26. The van der Waals surface area contributed by atoms with Crippen LogP contribution < -0.4 is 24.3 Å². The summed E-state index contributed by atoms with van der Waals surface area (Å²) in [4.78, 5) is 0. The highest BCUT2D eigenvalue weighted by Crippen LogP contribution is 2.37. The highest BCUT2D eigenvalue weighted by atomic mass is 16.5. The lowest BCUT2D eigenvalue weighted by Gasteiger charge is -2.17. The zero-order valence-electron chi connectivity index (χ0n) is 15.4. The fourth-order valence-corrected chi connectivity index (χ4v) is 2.43. The fraction of sp³-hybridized carbons (Fsp3) is 0.400. The Morgan fingerprint density at radius 1 is 0.600 bits per heavy atom. The number of nitrogens with one attached hydrogen (secondary N) is 1. The second-order valence-corrected chi connectivity index (χ2v) is 5.17. The van der Waals surface area contributed by atoms with E-state index in [-0.39, 0.29) is 0 Å². The van der Waals surface area contributed by atoms with E-state index in [9.17, 15) is 0 Å². The summed E-state index contributed by atoms with van der Waals surface area (Å²) in [6.07, 6.45) is 0. The quantitative estimate of drug-likeness (QED) is 0.655. The molecule has 5 heteroatoms. The topological polar surface area (TPSA) is 49.0 Å². The number of rotatable bonds is 10. The molecule has 0 aliphatic carbocycles. The van der Waals surface area contributed by atoms with Crippen LogP contribution in [0.1, 0.15) is 27.7 Å². The zero-order chi connectivity index (χ0) is 18.1. The molecule has 0 atom stereocenters. The van der Waals surface area contributed by atoms with Crippen molar-refractivity contribution in [1.29, 1.82) is 0 Å². The van der Waals surface area contributed by atoms with Crippen molar-refractivity contribution in [3.8, 4) is 23.0 Å². The van der Waals surface area contributed by atoms with E-state index in [2.05, 4.69) is 5.32 Å². The van der Waals surface area contributed by atoms with E-state index in [0.717, 1.165) is 34.4 Å². The minimum Gasteiger partial charge on any atom is -0.494 e. The summed E-state index contributed by atoms with van der Waals surface area (Å²) in [6.45, 7) is 10.2. The molecule has 0 spiro atoms. The van der Waals surface area contributed by atoms with Gasteiger partial charge in [0.2, 0.25) is 0 Å². The van der Waals surface area contributed by atoms with Crippen molar-refractivity contribution in [2.75, 3.05) is 31.7 Å². The van der Waals surface area contributed by atoms with Gasteiger partial charge in [-0.1, -0.05) is 0 Å². The maximum absolute atomic E-state index is 5.73. The average molecular weight is 345 g/mol. The zero-order valence-corrected chi connectivity index (χ0v) is 15.4. The summed E-state index contributed by atoms with van der Waals surface area (Å²) >= 11 is 0. The van der Waals surface area contributed by atoms with Gasteiger partial charge in [-0.2, -0.15) is 0 Å². The van der Waals surface area contributed by atoms with Crippen molar-refractivity contribution in [2.45, 2.75) is 27.7 Å². The standard InChI is InChI=1S/C20H27NO4/c1-5-22-15-9-11-19(24-7-3)17(13-15)21-18-14-16(23-6-2)10-12-20(18)25-8-4/h9-14,21H,5-8H2,1-4H3. The van der Waals surface area contributed by atoms with Crippen molar-refractivity contribution < 1.29 is 18.9 Å². The largest absolute Gasteiger partial charge is 0.494 e. The molecule has 2 rings (SSSR count). The molecule has 0 amide bonds. The maximum atomic E-state index is 5.73. The first-order valence-corrected chi connectivity index (χ1v) is 8.78. The molecule has 1 N–H and O–H groups in total. The molecule has 0 bridgehead atoms. The first-order chi connectivity index (χ1) is 12.2. The molecule has 0 aromatic heterocycles. The Bertz CT molecular complexity index is 615. The molecule has 5 nitrogen and oxygen atoms in total. The summed E-state index contributed by atoms with van der Waals surface area (Å²) in [6, 6.07) is 11.5. The predicted octanol–water partition coefficient (Wildman–Crippen LogP) is 5.03. The van der Waals surface area contributed by atoms with Crippen LogP contribution in [0.15, 0.2) is 36.4 Å². The number of anilines is 2. The molecule has 0 heterocycles. The van der Waals surface area contributed by atoms with Crippen molar-refractivity contribution in [2.24, 2.45) is 0 Å². The third-order valence-corrected chi connectivity index (χ3v) is 3.39.